The van der Waals surface area contributed by atoms with Crippen molar-refractivity contribution in [3.8, 4) is 11.3 Å². The maximum atomic E-state index is 12.9. The fourth-order valence-corrected chi connectivity index (χ4v) is 2.35. The molecular formula is C16H16FN3O3. The summed E-state index contributed by atoms with van der Waals surface area (Å²) in [6, 6.07) is 6.34. The van der Waals surface area contributed by atoms with E-state index in [1.807, 2.05) is 0 Å². The third kappa shape index (κ3) is 3.74. The molecule has 1 atom stereocenters. The molecule has 0 saturated heterocycles. The molecule has 1 unspecified atom stereocenters. The van der Waals surface area contributed by atoms with Crippen molar-refractivity contribution in [1.82, 2.24) is 15.5 Å². The maximum absolute atomic E-state index is 12.9. The van der Waals surface area contributed by atoms with E-state index in [-0.39, 0.29) is 11.5 Å². The second kappa shape index (κ2) is 6.20. The summed E-state index contributed by atoms with van der Waals surface area (Å²) in [6.45, 7) is 0. The Morgan fingerprint density at radius 3 is 2.65 bits per heavy atom. The molecule has 23 heavy (non-hydrogen) atoms. The lowest BCUT2D eigenvalue weighted by Crippen LogP contribution is -2.41. The van der Waals surface area contributed by atoms with Crippen LogP contribution in [0.1, 0.15) is 29.8 Å². The van der Waals surface area contributed by atoms with Crippen LogP contribution in [0.4, 0.5) is 4.39 Å². The number of aromatic nitrogens is 2. The minimum Gasteiger partial charge on any atom is -0.480 e. The van der Waals surface area contributed by atoms with Gasteiger partial charge in [-0.2, -0.15) is 5.10 Å². The number of hydrogen-bond acceptors (Lipinski definition) is 3. The van der Waals surface area contributed by atoms with Gasteiger partial charge in [-0.05, 0) is 42.7 Å². The summed E-state index contributed by atoms with van der Waals surface area (Å²) in [5.41, 5.74) is 1.32. The summed E-state index contributed by atoms with van der Waals surface area (Å²) in [4.78, 5) is 23.4. The van der Waals surface area contributed by atoms with Crippen molar-refractivity contribution in [3.05, 3.63) is 41.8 Å². The molecule has 0 radical (unpaired) electrons. The van der Waals surface area contributed by atoms with Gasteiger partial charge in [0.2, 0.25) is 0 Å². The first-order valence-electron chi connectivity index (χ1n) is 7.38. The number of rotatable bonds is 6. The predicted molar refractivity (Wildman–Crippen MR) is 80.2 cm³/mol. The number of aliphatic carboxylic acids is 1. The number of carboxylic acids is 1. The molecule has 1 heterocycles. The number of amides is 1. The van der Waals surface area contributed by atoms with E-state index in [1.54, 1.807) is 12.1 Å². The normalized spacial score (nSPS) is 15.2. The molecule has 3 rings (SSSR count). The van der Waals surface area contributed by atoms with Gasteiger partial charge in [0.15, 0.2) is 0 Å². The second-order valence-corrected chi connectivity index (χ2v) is 5.72. The third-order valence-corrected chi connectivity index (χ3v) is 3.83. The van der Waals surface area contributed by atoms with E-state index in [2.05, 4.69) is 15.5 Å². The molecule has 7 heteroatoms. The number of carbonyl (C=O) groups is 2. The summed E-state index contributed by atoms with van der Waals surface area (Å²) >= 11 is 0. The predicted octanol–water partition coefficient (Wildman–Crippen LogP) is 2.20. The highest BCUT2D eigenvalue weighted by molar-refractivity contribution is 5.95. The molecule has 6 nitrogen and oxygen atoms in total. The average Bonchev–Trinajstić information content (AvgIpc) is 3.20. The van der Waals surface area contributed by atoms with Crippen molar-refractivity contribution in [2.75, 3.05) is 0 Å². The van der Waals surface area contributed by atoms with Gasteiger partial charge in [0, 0.05) is 5.56 Å². The quantitative estimate of drug-likeness (QED) is 0.761. The Morgan fingerprint density at radius 1 is 1.35 bits per heavy atom. The van der Waals surface area contributed by atoms with E-state index in [0.29, 0.717) is 23.6 Å². The van der Waals surface area contributed by atoms with E-state index >= 15 is 0 Å². The smallest absolute Gasteiger partial charge is 0.326 e. The molecule has 0 aliphatic heterocycles. The Kier molecular flexibility index (Phi) is 4.10. The number of nitrogens with one attached hydrogen (secondary N) is 2. The summed E-state index contributed by atoms with van der Waals surface area (Å²) in [7, 11) is 0. The lowest BCUT2D eigenvalue weighted by molar-refractivity contribution is -0.139. The van der Waals surface area contributed by atoms with Gasteiger partial charge in [0.05, 0.1) is 5.69 Å². The number of nitrogens with zero attached hydrogens (tertiary/aromatic N) is 1. The molecule has 1 saturated carbocycles. The number of hydrogen-bond donors (Lipinski definition) is 3. The molecule has 0 spiro atoms. The average molecular weight is 317 g/mol. The molecule has 120 valence electrons. The third-order valence-electron chi connectivity index (χ3n) is 3.83. The summed E-state index contributed by atoms with van der Waals surface area (Å²) in [5, 5.41) is 18.3. The molecule has 0 bridgehead atoms. The second-order valence-electron chi connectivity index (χ2n) is 5.72. The Bertz CT molecular complexity index is 722. The van der Waals surface area contributed by atoms with Crippen LogP contribution in [0.15, 0.2) is 30.3 Å². The minimum atomic E-state index is -1.04. The fraction of sp³-hybridized carbons (Fsp3) is 0.312. The fourth-order valence-electron chi connectivity index (χ4n) is 2.35. The topological polar surface area (TPSA) is 95.1 Å². The SMILES string of the molecule is O=C(NC(CC1CC1)C(=O)O)c1cc(-c2ccc(F)cc2)n[nH]1. The summed E-state index contributed by atoms with van der Waals surface area (Å²) < 4.78 is 12.9. The van der Waals surface area contributed by atoms with Crippen molar-refractivity contribution in [2.24, 2.45) is 5.92 Å². The summed E-state index contributed by atoms with van der Waals surface area (Å²) in [5.74, 6) is -1.53. The Hall–Kier alpha value is -2.70. The van der Waals surface area contributed by atoms with Crippen molar-refractivity contribution < 1.29 is 19.1 Å². The Balaban J connectivity index is 1.69. The van der Waals surface area contributed by atoms with Gasteiger partial charge in [-0.3, -0.25) is 9.89 Å². The van der Waals surface area contributed by atoms with Crippen LogP contribution in [-0.4, -0.2) is 33.2 Å². The maximum Gasteiger partial charge on any atom is 0.326 e. The van der Waals surface area contributed by atoms with E-state index in [9.17, 15) is 19.1 Å². The van der Waals surface area contributed by atoms with Gasteiger partial charge >= 0.3 is 5.97 Å². The lowest BCUT2D eigenvalue weighted by Gasteiger charge is -2.12. The molecule has 1 fully saturated rings. The van der Waals surface area contributed by atoms with Crippen LogP contribution in [-0.2, 0) is 4.79 Å². The number of aromatic amines is 1. The van der Waals surface area contributed by atoms with E-state index in [0.717, 1.165) is 12.8 Å². The zero-order valence-corrected chi connectivity index (χ0v) is 12.3. The molecule has 1 aliphatic rings. The highest BCUT2D eigenvalue weighted by atomic mass is 19.1. The first-order chi connectivity index (χ1) is 11.0. The summed E-state index contributed by atoms with van der Waals surface area (Å²) in [6.07, 6.45) is 2.47. The van der Waals surface area contributed by atoms with Crippen molar-refractivity contribution in [1.29, 1.82) is 0 Å². The van der Waals surface area contributed by atoms with E-state index < -0.39 is 17.9 Å². The highest BCUT2D eigenvalue weighted by Crippen LogP contribution is 2.33. The lowest BCUT2D eigenvalue weighted by atomic mass is 10.1. The monoisotopic (exact) mass is 317 g/mol. The van der Waals surface area contributed by atoms with Gasteiger partial charge in [0.25, 0.3) is 5.91 Å². The van der Waals surface area contributed by atoms with Crippen LogP contribution < -0.4 is 5.32 Å². The standard InChI is InChI=1S/C16H16FN3O3/c17-11-5-3-10(4-6-11)12-8-13(20-19-12)15(21)18-14(16(22)23)7-9-1-2-9/h3-6,8-9,14H,1-2,7H2,(H,18,21)(H,19,20)(H,22,23). The number of H-pyrrole nitrogens is 1. The van der Waals surface area contributed by atoms with Crippen LogP contribution in [0.5, 0.6) is 0 Å². The van der Waals surface area contributed by atoms with Gasteiger partial charge in [-0.15, -0.1) is 0 Å². The molecule has 2 aromatic rings. The van der Waals surface area contributed by atoms with Crippen LogP contribution in [0.2, 0.25) is 0 Å². The zero-order chi connectivity index (χ0) is 16.4. The van der Waals surface area contributed by atoms with Gasteiger partial charge in [-0.25, -0.2) is 9.18 Å². The van der Waals surface area contributed by atoms with E-state index in [1.165, 1.54) is 18.2 Å². The minimum absolute atomic E-state index is 0.173. The molecule has 1 aliphatic carbocycles. The van der Waals surface area contributed by atoms with Crippen molar-refractivity contribution in [3.63, 3.8) is 0 Å². The number of carbonyl (C=O) groups excluding carboxylic acids is 1. The molecule has 1 aromatic carbocycles. The molecular weight excluding hydrogens is 301 g/mol. The molecule has 1 amide bonds. The number of benzene rings is 1. The van der Waals surface area contributed by atoms with Crippen LogP contribution in [0, 0.1) is 11.7 Å². The van der Waals surface area contributed by atoms with Gasteiger partial charge in [-0.1, -0.05) is 12.8 Å². The van der Waals surface area contributed by atoms with Gasteiger partial charge in [0.1, 0.15) is 17.6 Å². The Labute approximate surface area is 131 Å². The van der Waals surface area contributed by atoms with Crippen LogP contribution in [0.3, 0.4) is 0 Å². The zero-order valence-electron chi connectivity index (χ0n) is 12.3. The van der Waals surface area contributed by atoms with Crippen molar-refractivity contribution in [2.45, 2.75) is 25.3 Å². The van der Waals surface area contributed by atoms with Crippen LogP contribution >= 0.6 is 0 Å². The number of carboxylic acid groups (broad SMARTS) is 1. The van der Waals surface area contributed by atoms with Gasteiger partial charge < -0.3 is 10.4 Å². The largest absolute Gasteiger partial charge is 0.480 e. The first kappa shape index (κ1) is 15.2. The van der Waals surface area contributed by atoms with Crippen molar-refractivity contribution >= 4 is 11.9 Å². The highest BCUT2D eigenvalue weighted by Gasteiger charge is 2.30. The Morgan fingerprint density at radius 2 is 2.04 bits per heavy atom. The molecule has 1 aromatic heterocycles. The van der Waals surface area contributed by atoms with E-state index in [4.69, 9.17) is 0 Å². The first-order valence-corrected chi connectivity index (χ1v) is 7.38. The van der Waals surface area contributed by atoms with Crippen LogP contribution in [0.25, 0.3) is 11.3 Å². The number of halogens is 1. The molecule has 3 N–H and O–H groups in total.